The molecule has 1 unspecified atom stereocenters. The zero-order valence-corrected chi connectivity index (χ0v) is 15.9. The molecule has 4 N–H and O–H groups in total. The molecule has 0 bridgehead atoms. The number of amides is 1. The molecule has 1 saturated heterocycles. The van der Waals surface area contributed by atoms with Crippen LogP contribution in [0.1, 0.15) is 11.6 Å². The Bertz CT molecular complexity index is 1000. The molecule has 1 aromatic carbocycles. The van der Waals surface area contributed by atoms with E-state index in [0.717, 1.165) is 16.8 Å². The summed E-state index contributed by atoms with van der Waals surface area (Å²) in [6.07, 6.45) is 1.50. The van der Waals surface area contributed by atoms with E-state index < -0.39 is 6.04 Å². The van der Waals surface area contributed by atoms with Gasteiger partial charge in [-0.05, 0) is 29.8 Å². The van der Waals surface area contributed by atoms with E-state index in [2.05, 4.69) is 24.8 Å². The highest BCUT2D eigenvalue weighted by Crippen LogP contribution is 2.27. The molecule has 2 aromatic heterocycles. The monoisotopic (exact) mass is 397 g/mol. The van der Waals surface area contributed by atoms with E-state index >= 15 is 0 Å². The highest BCUT2D eigenvalue weighted by Gasteiger charge is 2.29. The third-order valence-electron chi connectivity index (χ3n) is 4.93. The van der Waals surface area contributed by atoms with Gasteiger partial charge in [-0.1, -0.05) is 23.7 Å². The minimum Gasteiger partial charge on any atom is -0.384 e. The number of pyridine rings is 1. The van der Waals surface area contributed by atoms with E-state index in [9.17, 15) is 4.79 Å². The minimum absolute atomic E-state index is 0.372. The molecule has 0 radical (unpaired) electrons. The van der Waals surface area contributed by atoms with Gasteiger partial charge in [-0.15, -0.1) is 0 Å². The summed E-state index contributed by atoms with van der Waals surface area (Å²) in [5.41, 5.74) is 12.9. The van der Waals surface area contributed by atoms with Gasteiger partial charge in [0, 0.05) is 31.2 Å². The number of hydrogen-bond acceptors (Lipinski definition) is 7. The topological polar surface area (TPSA) is 114 Å². The maximum absolute atomic E-state index is 12.1. The van der Waals surface area contributed by atoms with Gasteiger partial charge in [-0.2, -0.15) is 0 Å². The summed E-state index contributed by atoms with van der Waals surface area (Å²) < 4.78 is 0. The maximum Gasteiger partial charge on any atom is 0.239 e. The third-order valence-corrected chi connectivity index (χ3v) is 5.18. The Hall–Kier alpha value is -2.97. The van der Waals surface area contributed by atoms with Gasteiger partial charge in [-0.3, -0.25) is 9.69 Å². The average Bonchev–Trinajstić information content (AvgIpc) is 2.69. The molecular weight excluding hydrogens is 378 g/mol. The summed E-state index contributed by atoms with van der Waals surface area (Å²) in [7, 11) is 0. The number of nitrogens with zero attached hydrogens (tertiary/aromatic N) is 5. The van der Waals surface area contributed by atoms with Crippen molar-refractivity contribution < 1.29 is 4.79 Å². The molecule has 1 fully saturated rings. The lowest BCUT2D eigenvalue weighted by Gasteiger charge is -2.39. The van der Waals surface area contributed by atoms with Crippen LogP contribution in [0.3, 0.4) is 0 Å². The number of carbonyl (C=O) groups excluding carboxylic acids is 1. The van der Waals surface area contributed by atoms with Crippen molar-refractivity contribution in [3.8, 4) is 0 Å². The summed E-state index contributed by atoms with van der Waals surface area (Å²) in [4.78, 5) is 29.3. The van der Waals surface area contributed by atoms with Gasteiger partial charge in [0.15, 0.2) is 5.65 Å². The summed E-state index contributed by atoms with van der Waals surface area (Å²) >= 11 is 5.96. The number of halogens is 1. The Morgan fingerprint density at radius 1 is 1.04 bits per heavy atom. The lowest BCUT2D eigenvalue weighted by atomic mass is 10.0. The maximum atomic E-state index is 12.1. The number of primary amides is 1. The predicted molar refractivity (Wildman–Crippen MR) is 109 cm³/mol. The van der Waals surface area contributed by atoms with Crippen LogP contribution in [0.25, 0.3) is 11.0 Å². The van der Waals surface area contributed by atoms with Crippen molar-refractivity contribution in [1.82, 2.24) is 19.9 Å². The molecule has 1 amide bonds. The summed E-state index contributed by atoms with van der Waals surface area (Å²) in [5.74, 6) is 0.872. The van der Waals surface area contributed by atoms with Crippen molar-refractivity contribution in [2.24, 2.45) is 5.73 Å². The molecule has 28 heavy (non-hydrogen) atoms. The van der Waals surface area contributed by atoms with E-state index in [4.69, 9.17) is 23.1 Å². The van der Waals surface area contributed by atoms with E-state index in [1.807, 2.05) is 18.2 Å². The lowest BCUT2D eigenvalue weighted by Crippen LogP contribution is -2.50. The fourth-order valence-electron chi connectivity index (χ4n) is 3.59. The molecular formula is C19H20ClN7O. The molecule has 1 aliphatic rings. The van der Waals surface area contributed by atoms with Crippen molar-refractivity contribution in [3.63, 3.8) is 0 Å². The highest BCUT2D eigenvalue weighted by molar-refractivity contribution is 6.30. The average molecular weight is 398 g/mol. The van der Waals surface area contributed by atoms with Crippen LogP contribution in [0.2, 0.25) is 5.02 Å². The fraction of sp³-hybridized carbons (Fsp3) is 0.263. The van der Waals surface area contributed by atoms with Gasteiger partial charge in [0.25, 0.3) is 0 Å². The van der Waals surface area contributed by atoms with Gasteiger partial charge in [-0.25, -0.2) is 15.0 Å². The van der Waals surface area contributed by atoms with Crippen molar-refractivity contribution >= 4 is 40.2 Å². The van der Waals surface area contributed by atoms with E-state index in [0.29, 0.717) is 42.7 Å². The summed E-state index contributed by atoms with van der Waals surface area (Å²) in [6.45, 7) is 2.75. The number of fused-ring (bicyclic) bond motifs is 1. The van der Waals surface area contributed by atoms with Crippen LogP contribution in [0.5, 0.6) is 0 Å². The molecule has 9 heteroatoms. The van der Waals surface area contributed by atoms with E-state index in [1.165, 1.54) is 6.33 Å². The molecule has 3 aromatic rings. The van der Waals surface area contributed by atoms with Crippen LogP contribution >= 0.6 is 11.6 Å². The smallest absolute Gasteiger partial charge is 0.239 e. The van der Waals surface area contributed by atoms with Crippen molar-refractivity contribution in [3.05, 3.63) is 53.3 Å². The SMILES string of the molecule is NC(=O)C(c1ccc(Cl)cc1)N1CCN(c2ncnc3nc(N)ccc23)CC1. The number of hydrogen-bond donors (Lipinski definition) is 2. The predicted octanol–water partition coefficient (Wildman–Crippen LogP) is 1.61. The number of nitrogens with two attached hydrogens (primary N) is 2. The first kappa shape index (κ1) is 18.4. The Kier molecular flexibility index (Phi) is 4.97. The number of piperazine rings is 1. The fourth-order valence-corrected chi connectivity index (χ4v) is 3.71. The molecule has 0 aliphatic carbocycles. The molecule has 8 nitrogen and oxygen atoms in total. The first-order valence-electron chi connectivity index (χ1n) is 8.94. The number of rotatable bonds is 4. The largest absolute Gasteiger partial charge is 0.384 e. The zero-order chi connectivity index (χ0) is 19.7. The van der Waals surface area contributed by atoms with E-state index in [1.54, 1.807) is 18.2 Å². The van der Waals surface area contributed by atoms with Crippen LogP contribution in [0, 0.1) is 0 Å². The summed E-state index contributed by atoms with van der Waals surface area (Å²) in [6, 6.07) is 10.4. The molecule has 1 aliphatic heterocycles. The van der Waals surface area contributed by atoms with Crippen molar-refractivity contribution in [2.45, 2.75) is 6.04 Å². The number of benzene rings is 1. The zero-order valence-electron chi connectivity index (χ0n) is 15.1. The second-order valence-corrected chi connectivity index (χ2v) is 7.12. The van der Waals surface area contributed by atoms with Crippen LogP contribution in [-0.4, -0.2) is 51.9 Å². The van der Waals surface area contributed by atoms with Crippen LogP contribution in [0.4, 0.5) is 11.6 Å². The van der Waals surface area contributed by atoms with Gasteiger partial charge in [0.05, 0.1) is 5.39 Å². The Morgan fingerprint density at radius 2 is 1.75 bits per heavy atom. The molecule has 4 rings (SSSR count). The summed E-state index contributed by atoms with van der Waals surface area (Å²) in [5, 5.41) is 1.48. The van der Waals surface area contributed by atoms with Gasteiger partial charge in [0.1, 0.15) is 24.0 Å². The van der Waals surface area contributed by atoms with Gasteiger partial charge in [0.2, 0.25) is 5.91 Å². The number of carbonyl (C=O) groups is 1. The quantitative estimate of drug-likeness (QED) is 0.687. The molecule has 0 spiro atoms. The van der Waals surface area contributed by atoms with Crippen LogP contribution in [-0.2, 0) is 4.79 Å². The first-order chi connectivity index (χ1) is 13.5. The molecule has 1 atom stereocenters. The normalized spacial score (nSPS) is 16.2. The molecule has 3 heterocycles. The second kappa shape index (κ2) is 7.57. The highest BCUT2D eigenvalue weighted by atomic mass is 35.5. The van der Waals surface area contributed by atoms with Crippen LogP contribution < -0.4 is 16.4 Å². The Morgan fingerprint density at radius 3 is 2.43 bits per heavy atom. The second-order valence-electron chi connectivity index (χ2n) is 6.68. The van der Waals surface area contributed by atoms with Crippen molar-refractivity contribution in [2.75, 3.05) is 36.8 Å². The number of aromatic nitrogens is 3. The number of nitrogen functional groups attached to an aromatic ring is 1. The van der Waals surface area contributed by atoms with Crippen molar-refractivity contribution in [1.29, 1.82) is 0 Å². The molecule has 144 valence electrons. The molecule has 0 saturated carbocycles. The van der Waals surface area contributed by atoms with Crippen LogP contribution in [0.15, 0.2) is 42.7 Å². The number of anilines is 2. The Balaban J connectivity index is 1.54. The van der Waals surface area contributed by atoms with E-state index in [-0.39, 0.29) is 5.91 Å². The van der Waals surface area contributed by atoms with Gasteiger partial charge >= 0.3 is 0 Å². The Labute approximate surface area is 167 Å². The third kappa shape index (κ3) is 3.56. The van der Waals surface area contributed by atoms with Gasteiger partial charge < -0.3 is 16.4 Å². The standard InChI is InChI=1S/C19H20ClN7O/c20-13-3-1-12(2-4-13)16(17(22)28)26-7-9-27(10-8-26)19-14-5-6-15(21)25-18(14)23-11-24-19/h1-6,11,16H,7-10H2,(H2,22,28)(H2,21,23,24,25). The minimum atomic E-state index is -0.483. The first-order valence-corrected chi connectivity index (χ1v) is 9.32. The lowest BCUT2D eigenvalue weighted by molar-refractivity contribution is -0.123.